The van der Waals surface area contributed by atoms with E-state index in [1.54, 1.807) is 4.90 Å². The van der Waals surface area contributed by atoms with Gasteiger partial charge in [-0.15, -0.1) is 0 Å². The first kappa shape index (κ1) is 13.2. The average molecular weight is 283 g/mol. The molecule has 1 amide bonds. The summed E-state index contributed by atoms with van der Waals surface area (Å²) in [5.74, 6) is -0.642. The molecule has 1 aliphatic rings. The minimum absolute atomic E-state index is 0.185. The molecule has 0 saturated carbocycles. The van der Waals surface area contributed by atoms with Crippen molar-refractivity contribution < 1.29 is 4.79 Å². The van der Waals surface area contributed by atoms with E-state index in [0.29, 0.717) is 13.1 Å². The van der Waals surface area contributed by atoms with Crippen LogP contribution in [0.1, 0.15) is 12.0 Å². The van der Waals surface area contributed by atoms with E-state index in [0.717, 1.165) is 5.56 Å². The van der Waals surface area contributed by atoms with Gasteiger partial charge in [0.25, 0.3) is 5.91 Å². The number of likely N-dealkylation sites (tertiary alicyclic amines) is 1. The third-order valence-electron chi connectivity index (χ3n) is 3.08. The molecule has 0 bridgehead atoms. The van der Waals surface area contributed by atoms with Crippen molar-refractivity contribution in [1.82, 2.24) is 4.90 Å². The van der Waals surface area contributed by atoms with Gasteiger partial charge in [0.2, 0.25) is 4.33 Å². The van der Waals surface area contributed by atoms with Gasteiger partial charge in [-0.05, 0) is 5.56 Å². The van der Waals surface area contributed by atoms with E-state index >= 15 is 0 Å². The van der Waals surface area contributed by atoms with Gasteiger partial charge < -0.3 is 4.90 Å². The van der Waals surface area contributed by atoms with Crippen LogP contribution in [0.5, 0.6) is 0 Å². The average Bonchev–Trinajstić information content (AvgIpc) is 2.56. The van der Waals surface area contributed by atoms with Gasteiger partial charge in [-0.1, -0.05) is 53.5 Å². The number of hydrogen-bond acceptors (Lipinski definition) is 2. The predicted molar refractivity (Wildman–Crippen MR) is 70.0 cm³/mol. The van der Waals surface area contributed by atoms with Crippen LogP contribution in [0.4, 0.5) is 0 Å². The van der Waals surface area contributed by atoms with Crippen molar-refractivity contribution >= 4 is 29.1 Å². The molecule has 1 atom stereocenters. The van der Waals surface area contributed by atoms with Crippen molar-refractivity contribution in [2.24, 2.45) is 5.92 Å². The van der Waals surface area contributed by atoms with Crippen LogP contribution in [0.3, 0.4) is 0 Å². The number of hydrogen-bond donors (Lipinski definition) is 0. The summed E-state index contributed by atoms with van der Waals surface area (Å²) in [6.07, 6.45) is 0.185. The molecule has 3 nitrogen and oxygen atoms in total. The Morgan fingerprint density at radius 1 is 1.39 bits per heavy atom. The molecule has 2 rings (SSSR count). The second-order valence-electron chi connectivity index (χ2n) is 4.35. The molecule has 5 heteroatoms. The molecule has 1 unspecified atom stereocenters. The molecule has 1 aliphatic heterocycles. The van der Waals surface area contributed by atoms with Crippen LogP contribution in [-0.4, -0.2) is 21.7 Å². The summed E-state index contributed by atoms with van der Waals surface area (Å²) >= 11 is 12.1. The second-order valence-corrected chi connectivity index (χ2v) is 5.74. The molecule has 1 aromatic rings. The Balaban J connectivity index is 2.13. The quantitative estimate of drug-likeness (QED) is 0.800. The Morgan fingerprint density at radius 3 is 2.67 bits per heavy atom. The fraction of sp³-hybridized carbons (Fsp3) is 0.385. The summed E-state index contributed by atoms with van der Waals surface area (Å²) in [5, 5.41) is 8.72. The lowest BCUT2D eigenvalue weighted by molar-refractivity contribution is -0.128. The van der Waals surface area contributed by atoms with Crippen LogP contribution in [0.25, 0.3) is 0 Å². The molecular weight excluding hydrogens is 271 g/mol. The first-order chi connectivity index (χ1) is 8.55. The van der Waals surface area contributed by atoms with Gasteiger partial charge in [-0.25, -0.2) is 0 Å². The number of halogens is 2. The smallest absolute Gasteiger partial charge is 0.259 e. The number of benzene rings is 1. The third-order valence-corrected chi connectivity index (χ3v) is 4.02. The van der Waals surface area contributed by atoms with Crippen LogP contribution >= 0.6 is 23.2 Å². The summed E-state index contributed by atoms with van der Waals surface area (Å²) in [6.45, 7) is 0.900. The molecule has 94 valence electrons. The van der Waals surface area contributed by atoms with Gasteiger partial charge in [-0.3, -0.25) is 4.79 Å². The lowest BCUT2D eigenvalue weighted by atomic mass is 10.1. The van der Waals surface area contributed by atoms with Crippen LogP contribution in [0, 0.1) is 17.2 Å². The van der Waals surface area contributed by atoms with E-state index in [-0.39, 0.29) is 18.2 Å². The van der Waals surface area contributed by atoms with Crippen molar-refractivity contribution in [2.45, 2.75) is 17.3 Å². The zero-order chi connectivity index (χ0) is 13.2. The lowest BCUT2D eigenvalue weighted by Gasteiger charge is -2.17. The number of nitriles is 1. The van der Waals surface area contributed by atoms with Gasteiger partial charge in [0.1, 0.15) is 0 Å². The predicted octanol–water partition coefficient (Wildman–Crippen LogP) is 2.73. The minimum atomic E-state index is -1.47. The van der Waals surface area contributed by atoms with E-state index in [9.17, 15) is 4.79 Å². The molecule has 1 heterocycles. The monoisotopic (exact) mass is 282 g/mol. The minimum Gasteiger partial charge on any atom is -0.335 e. The number of carbonyl (C=O) groups excluding carboxylic acids is 1. The number of carbonyl (C=O) groups is 1. The van der Waals surface area contributed by atoms with Crippen molar-refractivity contribution in [2.75, 3.05) is 6.54 Å². The highest BCUT2D eigenvalue weighted by Gasteiger charge is 2.51. The Labute approximate surface area is 116 Å². The first-order valence-corrected chi connectivity index (χ1v) is 6.39. The van der Waals surface area contributed by atoms with Crippen molar-refractivity contribution in [3.05, 3.63) is 35.9 Å². The van der Waals surface area contributed by atoms with E-state index in [1.165, 1.54) is 0 Å². The summed E-state index contributed by atoms with van der Waals surface area (Å²) in [6, 6.07) is 11.6. The SMILES string of the molecule is N#CCC1CN(Cc2ccccc2)C(=O)C1(Cl)Cl. The fourth-order valence-corrected chi connectivity index (χ4v) is 2.62. The lowest BCUT2D eigenvalue weighted by Crippen LogP contribution is -2.32. The molecular formula is C13H12Cl2N2O. The van der Waals surface area contributed by atoms with Crippen molar-refractivity contribution in [3.63, 3.8) is 0 Å². The third kappa shape index (κ3) is 2.45. The highest BCUT2D eigenvalue weighted by molar-refractivity contribution is 6.58. The van der Waals surface area contributed by atoms with Crippen LogP contribution in [-0.2, 0) is 11.3 Å². The van der Waals surface area contributed by atoms with E-state index in [1.807, 2.05) is 36.4 Å². The standard InChI is InChI=1S/C13H12Cl2N2O/c14-13(15)11(6-7-16)9-17(12(13)18)8-10-4-2-1-3-5-10/h1-5,11H,6,8-9H2. The normalized spacial score (nSPS) is 21.9. The molecule has 0 N–H and O–H groups in total. The van der Waals surface area contributed by atoms with Gasteiger partial charge >= 0.3 is 0 Å². The van der Waals surface area contributed by atoms with Crippen molar-refractivity contribution in [1.29, 1.82) is 5.26 Å². The molecule has 0 spiro atoms. The van der Waals surface area contributed by atoms with Gasteiger partial charge in [0.15, 0.2) is 0 Å². The molecule has 1 aromatic carbocycles. The number of amides is 1. The maximum Gasteiger partial charge on any atom is 0.259 e. The largest absolute Gasteiger partial charge is 0.335 e. The van der Waals surface area contributed by atoms with Crippen LogP contribution in [0.2, 0.25) is 0 Å². The zero-order valence-electron chi connectivity index (χ0n) is 9.64. The van der Waals surface area contributed by atoms with Gasteiger partial charge in [-0.2, -0.15) is 5.26 Å². The summed E-state index contributed by atoms with van der Waals surface area (Å²) in [5.41, 5.74) is 1.02. The number of rotatable bonds is 3. The summed E-state index contributed by atoms with van der Waals surface area (Å²) < 4.78 is -1.47. The Morgan fingerprint density at radius 2 is 2.06 bits per heavy atom. The molecule has 0 aromatic heterocycles. The Kier molecular flexibility index (Phi) is 3.79. The van der Waals surface area contributed by atoms with Crippen LogP contribution in [0.15, 0.2) is 30.3 Å². The zero-order valence-corrected chi connectivity index (χ0v) is 11.2. The topological polar surface area (TPSA) is 44.1 Å². The molecule has 0 radical (unpaired) electrons. The van der Waals surface area contributed by atoms with E-state index in [2.05, 4.69) is 0 Å². The van der Waals surface area contributed by atoms with Gasteiger partial charge in [0.05, 0.1) is 6.07 Å². The fourth-order valence-electron chi connectivity index (χ4n) is 2.09. The summed E-state index contributed by atoms with van der Waals surface area (Å²) in [7, 11) is 0. The summed E-state index contributed by atoms with van der Waals surface area (Å²) in [4.78, 5) is 13.7. The molecule has 1 fully saturated rings. The number of alkyl halides is 2. The van der Waals surface area contributed by atoms with Crippen molar-refractivity contribution in [3.8, 4) is 6.07 Å². The molecule has 18 heavy (non-hydrogen) atoms. The van der Waals surface area contributed by atoms with E-state index in [4.69, 9.17) is 28.5 Å². The highest BCUT2D eigenvalue weighted by atomic mass is 35.5. The maximum absolute atomic E-state index is 12.1. The Hall–Kier alpha value is -1.24. The second kappa shape index (κ2) is 5.17. The Bertz CT molecular complexity index is 482. The van der Waals surface area contributed by atoms with Crippen LogP contribution < -0.4 is 0 Å². The van der Waals surface area contributed by atoms with Gasteiger partial charge in [0, 0.05) is 25.4 Å². The molecule has 1 saturated heterocycles. The highest BCUT2D eigenvalue weighted by Crippen LogP contribution is 2.41. The maximum atomic E-state index is 12.1. The molecule has 0 aliphatic carbocycles. The first-order valence-electron chi connectivity index (χ1n) is 5.63. The van der Waals surface area contributed by atoms with E-state index < -0.39 is 4.33 Å². The number of nitrogens with zero attached hydrogens (tertiary/aromatic N) is 2.